The molecule has 14 nitrogen and oxygen atoms in total. The fourth-order valence-corrected chi connectivity index (χ4v) is 3.93. The van der Waals surface area contributed by atoms with Crippen LogP contribution in [0.3, 0.4) is 0 Å². The van der Waals surface area contributed by atoms with Crippen molar-refractivity contribution in [3.63, 3.8) is 0 Å². The fraction of sp³-hybridized carbons (Fsp3) is 0.839. The molecule has 0 rings (SSSR count). The molecule has 1 unspecified atom stereocenters. The van der Waals surface area contributed by atoms with Crippen LogP contribution in [-0.2, 0) is 42.9 Å². The van der Waals surface area contributed by atoms with Crippen LogP contribution in [0, 0.1) is 0 Å². The summed E-state index contributed by atoms with van der Waals surface area (Å²) in [7, 11) is 0. The quantitative estimate of drug-likeness (QED) is 0.173. The molecule has 1 atom stereocenters. The number of carboxylic acids is 1. The van der Waals surface area contributed by atoms with E-state index in [4.69, 9.17) is 18.9 Å². The van der Waals surface area contributed by atoms with Crippen molar-refractivity contribution in [3.8, 4) is 0 Å². The highest BCUT2D eigenvalue weighted by Gasteiger charge is 2.33. The third-order valence-electron chi connectivity index (χ3n) is 5.38. The summed E-state index contributed by atoms with van der Waals surface area (Å²) in [5.41, 5.74) is -3.16. The van der Waals surface area contributed by atoms with E-state index < -0.39 is 71.4 Å². The molecule has 0 aliphatic carbocycles. The van der Waals surface area contributed by atoms with Crippen LogP contribution in [-0.4, -0.2) is 142 Å². The van der Waals surface area contributed by atoms with E-state index in [-0.39, 0.29) is 45.8 Å². The molecule has 0 heterocycles. The smallest absolute Gasteiger partial charge is 0.326 e. The van der Waals surface area contributed by atoms with Gasteiger partial charge in [-0.05, 0) is 83.1 Å². The van der Waals surface area contributed by atoms with Crippen molar-refractivity contribution in [2.24, 2.45) is 0 Å². The number of ether oxygens (including phenoxy) is 4. The lowest BCUT2D eigenvalue weighted by Crippen LogP contribution is -2.52. The van der Waals surface area contributed by atoms with Gasteiger partial charge in [0, 0.05) is 26.2 Å². The average molecular weight is 648 g/mol. The van der Waals surface area contributed by atoms with Crippen LogP contribution in [0.2, 0.25) is 0 Å². The van der Waals surface area contributed by atoms with Gasteiger partial charge in [-0.25, -0.2) is 0 Å². The predicted octanol–water partition coefficient (Wildman–Crippen LogP) is 1.70. The van der Waals surface area contributed by atoms with Crippen molar-refractivity contribution in [1.82, 2.24) is 14.7 Å². The second-order valence-electron chi connectivity index (χ2n) is 14.8. The summed E-state index contributed by atoms with van der Waals surface area (Å²) >= 11 is 0. The number of carboxylic acid groups (broad SMARTS) is 1. The molecule has 0 amide bonds. The summed E-state index contributed by atoms with van der Waals surface area (Å²) in [6.45, 7) is 18.7. The van der Waals surface area contributed by atoms with E-state index in [0.717, 1.165) is 0 Å². The second kappa shape index (κ2) is 17.8. The Morgan fingerprint density at radius 2 is 0.889 bits per heavy atom. The summed E-state index contributed by atoms with van der Waals surface area (Å²) in [5.74, 6) is -3.66. The number of carbonyl (C=O) groups excluding carboxylic acids is 4. The lowest BCUT2D eigenvalue weighted by atomic mass is 10.1. The highest BCUT2D eigenvalue weighted by molar-refractivity contribution is 5.78. The Hall–Kier alpha value is -2.81. The molecule has 0 radical (unpaired) electrons. The summed E-state index contributed by atoms with van der Waals surface area (Å²) in [6.07, 6.45) is 0. The lowest BCUT2D eigenvalue weighted by Gasteiger charge is -2.33. The number of aliphatic hydroxyl groups is 1. The standard InChI is InChI=1S/C31H57N3O11/c1-28(2,3)42-24(38)18-33(19-25(39)43-29(4,5)6)14-13-32(17-23(36)37)15-16-34(20-26(40)44-30(7,8)9)22(21-35)27(41)45-31(10,11)12/h22,35H,13-21H2,1-12H3,(H,36,37). The van der Waals surface area contributed by atoms with Crippen molar-refractivity contribution in [1.29, 1.82) is 0 Å². The first-order valence-electron chi connectivity index (χ1n) is 15.1. The largest absolute Gasteiger partial charge is 0.480 e. The molecule has 0 saturated heterocycles. The Balaban J connectivity index is 5.99. The van der Waals surface area contributed by atoms with Gasteiger partial charge in [0.2, 0.25) is 0 Å². The topological polar surface area (TPSA) is 172 Å². The summed E-state index contributed by atoms with van der Waals surface area (Å²) in [5, 5.41) is 19.7. The van der Waals surface area contributed by atoms with Crippen LogP contribution in [0.25, 0.3) is 0 Å². The number of aliphatic carboxylic acids is 1. The zero-order chi connectivity index (χ0) is 35.4. The molecule has 0 aromatic carbocycles. The maximum absolute atomic E-state index is 13.0. The van der Waals surface area contributed by atoms with Crippen molar-refractivity contribution < 1.29 is 53.1 Å². The highest BCUT2D eigenvalue weighted by Crippen LogP contribution is 2.14. The Kier molecular flexibility index (Phi) is 16.7. The monoisotopic (exact) mass is 647 g/mol. The maximum atomic E-state index is 13.0. The summed E-state index contributed by atoms with van der Waals surface area (Å²) in [6, 6.07) is -1.22. The number of esters is 4. The average Bonchev–Trinajstić information content (AvgIpc) is 2.75. The molecule has 0 fully saturated rings. The Bertz CT molecular complexity index is 959. The fourth-order valence-electron chi connectivity index (χ4n) is 3.93. The van der Waals surface area contributed by atoms with Gasteiger partial charge in [-0.15, -0.1) is 0 Å². The number of nitrogens with zero attached hydrogens (tertiary/aromatic N) is 3. The Morgan fingerprint density at radius 3 is 1.24 bits per heavy atom. The third-order valence-corrected chi connectivity index (χ3v) is 5.38. The van der Waals surface area contributed by atoms with Crippen LogP contribution in [0.4, 0.5) is 0 Å². The second-order valence-corrected chi connectivity index (χ2v) is 14.8. The molecular weight excluding hydrogens is 590 g/mol. The molecular formula is C31H57N3O11. The van der Waals surface area contributed by atoms with E-state index in [1.807, 2.05) is 0 Å². The molecule has 14 heteroatoms. The van der Waals surface area contributed by atoms with E-state index in [1.54, 1.807) is 83.1 Å². The van der Waals surface area contributed by atoms with E-state index in [9.17, 15) is 34.2 Å². The molecule has 0 aliphatic heterocycles. The van der Waals surface area contributed by atoms with Gasteiger partial charge in [0.05, 0.1) is 32.8 Å². The minimum atomic E-state index is -1.22. The Labute approximate surface area is 268 Å². The number of carbonyl (C=O) groups is 5. The third kappa shape index (κ3) is 22.4. The van der Waals surface area contributed by atoms with Gasteiger partial charge in [-0.2, -0.15) is 0 Å². The molecule has 0 aromatic heterocycles. The number of hydrogen-bond donors (Lipinski definition) is 2. The minimum absolute atomic E-state index is 0.0187. The van der Waals surface area contributed by atoms with Crippen molar-refractivity contribution in [2.45, 2.75) is 112 Å². The van der Waals surface area contributed by atoms with E-state index in [1.165, 1.54) is 14.7 Å². The van der Waals surface area contributed by atoms with Gasteiger partial charge in [0.25, 0.3) is 0 Å². The zero-order valence-corrected chi connectivity index (χ0v) is 29.4. The first kappa shape index (κ1) is 42.2. The molecule has 0 bridgehead atoms. The summed E-state index contributed by atoms with van der Waals surface area (Å²) in [4.78, 5) is 67.1. The molecule has 0 spiro atoms. The first-order valence-corrected chi connectivity index (χ1v) is 15.1. The van der Waals surface area contributed by atoms with Gasteiger partial charge >= 0.3 is 29.8 Å². The van der Waals surface area contributed by atoms with Crippen molar-refractivity contribution in [3.05, 3.63) is 0 Å². The van der Waals surface area contributed by atoms with Crippen LogP contribution >= 0.6 is 0 Å². The molecule has 262 valence electrons. The van der Waals surface area contributed by atoms with Crippen LogP contribution in [0.1, 0.15) is 83.1 Å². The zero-order valence-electron chi connectivity index (χ0n) is 29.4. The first-order chi connectivity index (χ1) is 20.2. The van der Waals surface area contributed by atoms with Gasteiger partial charge in [0.1, 0.15) is 28.4 Å². The SMILES string of the molecule is CC(C)(C)OC(=O)CN(CCN(CCN(CC(=O)OC(C)(C)C)C(CO)C(=O)OC(C)(C)C)CC(=O)O)CC(=O)OC(C)(C)C. The molecule has 0 saturated carbocycles. The van der Waals surface area contributed by atoms with Crippen LogP contribution < -0.4 is 0 Å². The van der Waals surface area contributed by atoms with E-state index >= 15 is 0 Å². The van der Waals surface area contributed by atoms with E-state index in [2.05, 4.69) is 0 Å². The minimum Gasteiger partial charge on any atom is -0.480 e. The van der Waals surface area contributed by atoms with E-state index in [0.29, 0.717) is 0 Å². The number of rotatable bonds is 17. The Morgan fingerprint density at radius 1 is 0.533 bits per heavy atom. The lowest BCUT2D eigenvalue weighted by molar-refractivity contribution is -0.167. The van der Waals surface area contributed by atoms with Gasteiger partial charge in [-0.3, -0.25) is 38.7 Å². The summed E-state index contributed by atoms with van der Waals surface area (Å²) < 4.78 is 21.7. The normalized spacial score (nSPS) is 13.5. The predicted molar refractivity (Wildman–Crippen MR) is 166 cm³/mol. The molecule has 45 heavy (non-hydrogen) atoms. The maximum Gasteiger partial charge on any atom is 0.326 e. The van der Waals surface area contributed by atoms with Gasteiger partial charge in [-0.1, -0.05) is 0 Å². The van der Waals surface area contributed by atoms with Crippen LogP contribution in [0.15, 0.2) is 0 Å². The highest BCUT2D eigenvalue weighted by atomic mass is 16.6. The molecule has 0 aromatic rings. The molecule has 2 N–H and O–H groups in total. The van der Waals surface area contributed by atoms with Gasteiger partial charge < -0.3 is 29.2 Å². The van der Waals surface area contributed by atoms with Crippen molar-refractivity contribution in [2.75, 3.05) is 59.0 Å². The number of hydrogen-bond acceptors (Lipinski definition) is 13. The van der Waals surface area contributed by atoms with Crippen molar-refractivity contribution >= 4 is 29.8 Å². The number of aliphatic hydroxyl groups excluding tert-OH is 1. The van der Waals surface area contributed by atoms with Crippen LogP contribution in [0.5, 0.6) is 0 Å². The van der Waals surface area contributed by atoms with Gasteiger partial charge in [0.15, 0.2) is 0 Å². The molecule has 0 aliphatic rings.